The van der Waals surface area contributed by atoms with Gasteiger partial charge in [0.25, 0.3) is 0 Å². The highest BCUT2D eigenvalue weighted by Crippen LogP contribution is 2.44. The molecule has 1 amide bonds. The number of hydrogen-bond donors (Lipinski definition) is 1. The van der Waals surface area contributed by atoms with Gasteiger partial charge in [0, 0.05) is 6.92 Å². The lowest BCUT2D eigenvalue weighted by atomic mass is 9.99. The quantitative estimate of drug-likeness (QED) is 0.439. The lowest BCUT2D eigenvalue weighted by molar-refractivity contribution is -0.236. The van der Waals surface area contributed by atoms with E-state index in [-0.39, 0.29) is 30.8 Å². The molecule has 3 rings (SSSR count). The van der Waals surface area contributed by atoms with Gasteiger partial charge in [0.05, 0.1) is 6.54 Å². The zero-order valence-corrected chi connectivity index (χ0v) is 13.6. The second-order valence-corrected chi connectivity index (χ2v) is 6.88. The van der Waals surface area contributed by atoms with Gasteiger partial charge in [-0.3, -0.25) is 9.80 Å². The highest BCUT2D eigenvalue weighted by atomic mass is 16.9. The Balaban J connectivity index is 1.82. The molecule has 8 nitrogen and oxygen atoms in total. The van der Waals surface area contributed by atoms with E-state index in [0.29, 0.717) is 0 Å². The minimum atomic E-state index is -0.756. The summed E-state index contributed by atoms with van der Waals surface area (Å²) in [5, 5.41) is 1.11. The van der Waals surface area contributed by atoms with E-state index in [2.05, 4.69) is 0 Å². The van der Waals surface area contributed by atoms with Gasteiger partial charge in [-0.05, 0) is 27.7 Å². The van der Waals surface area contributed by atoms with Crippen molar-refractivity contribution in [3.63, 3.8) is 0 Å². The first kappa shape index (κ1) is 16.1. The van der Waals surface area contributed by atoms with Crippen molar-refractivity contribution in [2.75, 3.05) is 6.54 Å². The monoisotopic (exact) mass is 316 g/mol. The normalized spacial score (nSPS) is 41.8. The molecule has 3 aliphatic rings. The number of hydrogen-bond acceptors (Lipinski definition) is 7. The van der Waals surface area contributed by atoms with Crippen molar-refractivity contribution in [2.24, 2.45) is 5.84 Å². The molecule has 0 aliphatic carbocycles. The third-order valence-corrected chi connectivity index (χ3v) is 4.03. The molecule has 3 aliphatic heterocycles. The summed E-state index contributed by atoms with van der Waals surface area (Å²) in [7, 11) is 0. The first-order chi connectivity index (χ1) is 10.1. The molecule has 0 aromatic rings. The second kappa shape index (κ2) is 5.12. The van der Waals surface area contributed by atoms with E-state index in [9.17, 15) is 4.79 Å². The zero-order valence-electron chi connectivity index (χ0n) is 13.6. The molecule has 5 atom stereocenters. The molecule has 126 valence electrons. The van der Waals surface area contributed by atoms with Crippen LogP contribution in [0.1, 0.15) is 34.6 Å². The fourth-order valence-corrected chi connectivity index (χ4v) is 3.16. The highest BCUT2D eigenvalue weighted by molar-refractivity contribution is 5.72. The predicted octanol–water partition coefficient (Wildman–Crippen LogP) is 0.105. The third kappa shape index (κ3) is 2.86. The van der Waals surface area contributed by atoms with Crippen LogP contribution < -0.4 is 5.84 Å². The molecule has 8 heteroatoms. The molecule has 0 aromatic heterocycles. The standard InChI is InChI=1S/C14H24N2O6/c1-7(17)16(15)6-8-9-10(20-13(2,3)19-9)11-12(18-8)22-14(4,5)21-11/h8-12H,6,15H2,1-5H3/t8-,9+,10+,11-,12-/m1/s1. The number of hydrazine groups is 1. The summed E-state index contributed by atoms with van der Waals surface area (Å²) in [5.41, 5.74) is 0. The summed E-state index contributed by atoms with van der Waals surface area (Å²) in [5.74, 6) is 3.97. The van der Waals surface area contributed by atoms with Crippen LogP contribution in [0.15, 0.2) is 0 Å². The summed E-state index contributed by atoms with van der Waals surface area (Å²) in [4.78, 5) is 11.4. The molecule has 0 spiro atoms. The summed E-state index contributed by atoms with van der Waals surface area (Å²) >= 11 is 0. The summed E-state index contributed by atoms with van der Waals surface area (Å²) in [6, 6.07) is 0. The van der Waals surface area contributed by atoms with E-state index in [0.717, 1.165) is 5.01 Å². The Hall–Kier alpha value is -0.770. The molecule has 22 heavy (non-hydrogen) atoms. The van der Waals surface area contributed by atoms with Crippen LogP contribution in [0.3, 0.4) is 0 Å². The summed E-state index contributed by atoms with van der Waals surface area (Å²) < 4.78 is 29.5. The summed E-state index contributed by atoms with van der Waals surface area (Å²) in [6.45, 7) is 8.92. The second-order valence-electron chi connectivity index (χ2n) is 6.88. The molecular weight excluding hydrogens is 292 g/mol. The molecule has 3 heterocycles. The number of carbonyl (C=O) groups is 1. The number of rotatable bonds is 2. The Kier molecular flexibility index (Phi) is 3.75. The van der Waals surface area contributed by atoms with Gasteiger partial charge >= 0.3 is 0 Å². The van der Waals surface area contributed by atoms with Crippen LogP contribution in [0.25, 0.3) is 0 Å². The van der Waals surface area contributed by atoms with E-state index in [1.165, 1.54) is 6.92 Å². The molecule has 0 bridgehead atoms. The zero-order chi connectivity index (χ0) is 16.3. The van der Waals surface area contributed by atoms with Crippen molar-refractivity contribution in [3.8, 4) is 0 Å². The molecule has 0 radical (unpaired) electrons. The molecule has 0 saturated carbocycles. The van der Waals surface area contributed by atoms with Crippen LogP contribution in [0.5, 0.6) is 0 Å². The van der Waals surface area contributed by atoms with Gasteiger partial charge in [-0.2, -0.15) is 0 Å². The van der Waals surface area contributed by atoms with Crippen LogP contribution in [-0.4, -0.2) is 59.7 Å². The smallest absolute Gasteiger partial charge is 0.233 e. The van der Waals surface area contributed by atoms with Crippen molar-refractivity contribution in [1.29, 1.82) is 0 Å². The van der Waals surface area contributed by atoms with Crippen molar-refractivity contribution in [1.82, 2.24) is 5.01 Å². The maximum atomic E-state index is 11.4. The van der Waals surface area contributed by atoms with Crippen LogP contribution in [-0.2, 0) is 28.5 Å². The van der Waals surface area contributed by atoms with E-state index in [4.69, 9.17) is 29.5 Å². The first-order valence-electron chi connectivity index (χ1n) is 7.47. The van der Waals surface area contributed by atoms with Gasteiger partial charge in [-0.15, -0.1) is 0 Å². The van der Waals surface area contributed by atoms with E-state index in [1.807, 2.05) is 27.7 Å². The number of nitrogens with two attached hydrogens (primary N) is 1. The number of carbonyl (C=O) groups excluding carboxylic acids is 1. The Morgan fingerprint density at radius 3 is 2.18 bits per heavy atom. The molecular formula is C14H24N2O6. The van der Waals surface area contributed by atoms with Crippen LogP contribution in [0.2, 0.25) is 0 Å². The Morgan fingerprint density at radius 1 is 1.00 bits per heavy atom. The number of nitrogens with zero attached hydrogens (tertiary/aromatic N) is 1. The van der Waals surface area contributed by atoms with E-state index >= 15 is 0 Å². The van der Waals surface area contributed by atoms with Crippen molar-refractivity contribution in [3.05, 3.63) is 0 Å². The van der Waals surface area contributed by atoms with Crippen LogP contribution in [0.4, 0.5) is 0 Å². The largest absolute Gasteiger partial charge is 0.342 e. The van der Waals surface area contributed by atoms with Gasteiger partial charge < -0.3 is 23.7 Å². The topological polar surface area (TPSA) is 92.5 Å². The van der Waals surface area contributed by atoms with E-state index in [1.54, 1.807) is 0 Å². The lowest BCUT2D eigenvalue weighted by Gasteiger charge is -2.38. The van der Waals surface area contributed by atoms with Crippen molar-refractivity contribution in [2.45, 2.75) is 76.9 Å². The predicted molar refractivity (Wildman–Crippen MR) is 74.1 cm³/mol. The Bertz CT molecular complexity index is 468. The average molecular weight is 316 g/mol. The lowest BCUT2D eigenvalue weighted by Crippen LogP contribution is -2.59. The average Bonchev–Trinajstić information content (AvgIpc) is 2.84. The Labute approximate surface area is 129 Å². The van der Waals surface area contributed by atoms with E-state index < -0.39 is 24.0 Å². The first-order valence-corrected chi connectivity index (χ1v) is 7.47. The van der Waals surface area contributed by atoms with Gasteiger partial charge in [0.15, 0.2) is 17.9 Å². The highest BCUT2D eigenvalue weighted by Gasteiger charge is 2.60. The minimum Gasteiger partial charge on any atom is -0.342 e. The van der Waals surface area contributed by atoms with Crippen LogP contribution >= 0.6 is 0 Å². The molecule has 0 aromatic carbocycles. The summed E-state index contributed by atoms with van der Waals surface area (Å²) in [6.07, 6.45) is -2.10. The van der Waals surface area contributed by atoms with Gasteiger partial charge in [0.2, 0.25) is 5.91 Å². The fourth-order valence-electron chi connectivity index (χ4n) is 3.16. The number of fused-ring (bicyclic) bond motifs is 3. The maximum Gasteiger partial charge on any atom is 0.233 e. The van der Waals surface area contributed by atoms with Gasteiger partial charge in [0.1, 0.15) is 24.4 Å². The molecule has 3 saturated heterocycles. The van der Waals surface area contributed by atoms with Gasteiger partial charge in [-0.25, -0.2) is 5.84 Å². The number of amides is 1. The number of ether oxygens (including phenoxy) is 5. The maximum absolute atomic E-state index is 11.4. The minimum absolute atomic E-state index is 0.197. The molecule has 0 unspecified atom stereocenters. The Morgan fingerprint density at radius 2 is 1.55 bits per heavy atom. The SMILES string of the molecule is CC(=O)N(N)C[C@H]1O[C@@H]2OC(C)(C)O[C@@H]2[C@H]2OC(C)(C)O[C@H]21. The third-order valence-electron chi connectivity index (χ3n) is 4.03. The molecule has 3 fully saturated rings. The van der Waals surface area contributed by atoms with Gasteiger partial charge in [-0.1, -0.05) is 0 Å². The van der Waals surface area contributed by atoms with Crippen LogP contribution in [0, 0.1) is 0 Å². The van der Waals surface area contributed by atoms with Crippen molar-refractivity contribution >= 4 is 5.91 Å². The molecule has 2 N–H and O–H groups in total. The van der Waals surface area contributed by atoms with Crippen molar-refractivity contribution < 1.29 is 28.5 Å². The fraction of sp³-hybridized carbons (Fsp3) is 0.929.